The molecule has 34 heavy (non-hydrogen) atoms. The van der Waals surface area contributed by atoms with Crippen LogP contribution in [0.2, 0.25) is 0 Å². The van der Waals surface area contributed by atoms with Crippen molar-refractivity contribution in [1.82, 2.24) is 10.0 Å². The molecule has 10 atom stereocenters. The van der Waals surface area contributed by atoms with Gasteiger partial charge in [0.25, 0.3) is 0 Å². The van der Waals surface area contributed by atoms with Gasteiger partial charge in [0.1, 0.15) is 0 Å². The largest absolute Gasteiger partial charge is 0.369 e. The second-order valence-corrected chi connectivity index (χ2v) is 15.2. The average molecular weight is 491 g/mol. The predicted octanol–water partition coefficient (Wildman–Crippen LogP) is 4.78. The van der Waals surface area contributed by atoms with Gasteiger partial charge in [0, 0.05) is 18.0 Å². The highest BCUT2D eigenvalue weighted by Crippen LogP contribution is 2.65. The highest BCUT2D eigenvalue weighted by molar-refractivity contribution is 7.88. The highest BCUT2D eigenvalue weighted by Gasteiger charge is 2.59. The molecular weight excluding hydrogens is 444 g/mol. The van der Waals surface area contributed by atoms with E-state index in [1.807, 2.05) is 0 Å². The van der Waals surface area contributed by atoms with Crippen LogP contribution in [-0.4, -0.2) is 45.0 Å². The summed E-state index contributed by atoms with van der Waals surface area (Å²) in [5.41, 5.74) is 3.85. The molecule has 2 heterocycles. The van der Waals surface area contributed by atoms with E-state index in [-0.39, 0.29) is 11.6 Å². The Balaban J connectivity index is 1.23. The zero-order valence-electron chi connectivity index (χ0n) is 21.7. The molecule has 192 valence electrons. The summed E-state index contributed by atoms with van der Waals surface area (Å²) in [5.74, 6) is 3.59. The minimum Gasteiger partial charge on any atom is -0.369 e. The lowest BCUT2D eigenvalue weighted by Crippen LogP contribution is -2.50. The van der Waals surface area contributed by atoms with Gasteiger partial charge in [-0.1, -0.05) is 25.0 Å². The van der Waals surface area contributed by atoms with E-state index in [1.54, 1.807) is 11.1 Å². The van der Waals surface area contributed by atoms with Crippen LogP contribution in [0, 0.1) is 35.0 Å². The summed E-state index contributed by atoms with van der Waals surface area (Å²) in [5, 5.41) is 3.80. The number of sulfonamides is 1. The number of rotatable bonds is 2. The van der Waals surface area contributed by atoms with Gasteiger partial charge >= 0.3 is 0 Å². The Morgan fingerprint density at radius 1 is 1.12 bits per heavy atom. The van der Waals surface area contributed by atoms with Crippen molar-refractivity contribution >= 4 is 10.0 Å². The van der Waals surface area contributed by atoms with Crippen LogP contribution >= 0.6 is 0 Å². The zero-order valence-corrected chi connectivity index (χ0v) is 22.6. The molecule has 0 aromatic carbocycles. The summed E-state index contributed by atoms with van der Waals surface area (Å²) in [7, 11) is -3.12. The quantitative estimate of drug-likeness (QED) is 0.547. The van der Waals surface area contributed by atoms with Gasteiger partial charge in [-0.3, -0.25) is 0 Å². The summed E-state index contributed by atoms with van der Waals surface area (Å²) in [6, 6.07) is 0.678. The van der Waals surface area contributed by atoms with Crippen LogP contribution in [0.5, 0.6) is 0 Å². The molecule has 1 spiro atoms. The maximum atomic E-state index is 11.8. The van der Waals surface area contributed by atoms with Crippen molar-refractivity contribution in [2.24, 2.45) is 35.0 Å². The van der Waals surface area contributed by atoms with Crippen molar-refractivity contribution < 1.29 is 13.2 Å². The van der Waals surface area contributed by atoms with Gasteiger partial charge in [0.2, 0.25) is 10.0 Å². The number of fused-ring (bicyclic) bond motifs is 6. The third kappa shape index (κ3) is 3.76. The van der Waals surface area contributed by atoms with Crippen LogP contribution in [0.3, 0.4) is 0 Å². The Hall–Kier alpha value is -0.430. The molecule has 4 aliphatic carbocycles. The molecular formula is C28H46N2O3S. The third-order valence-electron chi connectivity index (χ3n) is 11.7. The molecule has 0 amide bonds. The molecule has 0 aromatic rings. The lowest BCUT2D eigenvalue weighted by Gasteiger charge is -2.54. The fraction of sp³-hybridized carbons (Fsp3) is 0.929. The highest BCUT2D eigenvalue weighted by atomic mass is 32.2. The number of nitrogens with one attached hydrogen (secondary N) is 2. The first-order valence-electron chi connectivity index (χ1n) is 14.2. The average Bonchev–Trinajstić information content (AvgIpc) is 3.24. The smallest absolute Gasteiger partial charge is 0.208 e. The lowest BCUT2D eigenvalue weighted by atomic mass is 9.52. The van der Waals surface area contributed by atoms with Gasteiger partial charge in [0.15, 0.2) is 0 Å². The van der Waals surface area contributed by atoms with E-state index in [1.165, 1.54) is 57.6 Å². The summed E-state index contributed by atoms with van der Waals surface area (Å²) in [4.78, 5) is 0. The van der Waals surface area contributed by atoms with E-state index in [2.05, 4.69) is 30.8 Å². The van der Waals surface area contributed by atoms with Crippen molar-refractivity contribution in [1.29, 1.82) is 0 Å². The second kappa shape index (κ2) is 8.29. The molecule has 2 aliphatic heterocycles. The Morgan fingerprint density at radius 3 is 2.71 bits per heavy atom. The van der Waals surface area contributed by atoms with Gasteiger partial charge in [-0.25, -0.2) is 13.1 Å². The van der Waals surface area contributed by atoms with Crippen molar-refractivity contribution in [2.45, 2.75) is 115 Å². The van der Waals surface area contributed by atoms with E-state index in [9.17, 15) is 8.42 Å². The van der Waals surface area contributed by atoms with E-state index in [0.29, 0.717) is 29.4 Å². The standard InChI is InChI=1S/C28H46N2O3S/c1-17-16-28(18(2)26-25(33-28)6-5-13-29-26)12-10-21-22-8-7-19-14-20(30-34(4,31)32)9-11-27(19,3)24(22)15-23(17)21/h18-22,24-26,29-30H,5-16H2,1-4H3/t18-,19?,20-,21?,22+,24+,25-,26+,27+,28+/m1/s1. The van der Waals surface area contributed by atoms with Crippen LogP contribution in [-0.2, 0) is 14.8 Å². The zero-order chi connectivity index (χ0) is 23.9. The fourth-order valence-corrected chi connectivity index (χ4v) is 10.9. The van der Waals surface area contributed by atoms with Gasteiger partial charge in [-0.15, -0.1) is 0 Å². The lowest BCUT2D eigenvalue weighted by molar-refractivity contribution is -0.0712. The Bertz CT molecular complexity index is 963. The normalized spacial score (nSPS) is 50.9. The molecule has 0 bridgehead atoms. The van der Waals surface area contributed by atoms with Crippen molar-refractivity contribution in [3.63, 3.8) is 0 Å². The van der Waals surface area contributed by atoms with Gasteiger partial charge in [-0.05, 0) is 113 Å². The van der Waals surface area contributed by atoms with Gasteiger partial charge in [-0.2, -0.15) is 0 Å². The van der Waals surface area contributed by atoms with Crippen LogP contribution in [0.15, 0.2) is 11.1 Å². The SMILES string of the molecule is CC1=C2C[C@H]3[C@@H](CCC4C[C@H](NS(C)(=O)=O)CC[C@@]43C)C2CC[C@@]2(C1)O[C@@H]1CCCN[C@H]1[C@H]2C. The van der Waals surface area contributed by atoms with Crippen LogP contribution in [0.1, 0.15) is 91.4 Å². The molecule has 5 nitrogen and oxygen atoms in total. The van der Waals surface area contributed by atoms with Crippen molar-refractivity contribution in [3.8, 4) is 0 Å². The van der Waals surface area contributed by atoms with Gasteiger partial charge < -0.3 is 10.1 Å². The number of allylic oxidation sites excluding steroid dienone is 1. The second-order valence-electron chi connectivity index (χ2n) is 13.4. The number of hydrogen-bond donors (Lipinski definition) is 2. The summed E-state index contributed by atoms with van der Waals surface area (Å²) in [6.07, 6.45) is 14.9. The number of ether oxygens (including phenoxy) is 1. The first kappa shape index (κ1) is 23.9. The van der Waals surface area contributed by atoms with E-state index in [0.717, 1.165) is 43.6 Å². The van der Waals surface area contributed by atoms with Crippen LogP contribution in [0.4, 0.5) is 0 Å². The first-order chi connectivity index (χ1) is 16.1. The molecule has 0 radical (unpaired) electrons. The van der Waals surface area contributed by atoms with E-state index in [4.69, 9.17) is 4.74 Å². The molecule has 6 heteroatoms. The first-order valence-corrected chi connectivity index (χ1v) is 16.1. The van der Waals surface area contributed by atoms with Crippen molar-refractivity contribution in [2.75, 3.05) is 12.8 Å². The summed E-state index contributed by atoms with van der Waals surface area (Å²) >= 11 is 0. The van der Waals surface area contributed by atoms with E-state index < -0.39 is 10.0 Å². The molecule has 6 rings (SSSR count). The molecule has 5 fully saturated rings. The Kier molecular flexibility index (Phi) is 5.84. The number of piperidine rings is 1. The van der Waals surface area contributed by atoms with Crippen LogP contribution < -0.4 is 10.0 Å². The Morgan fingerprint density at radius 2 is 1.94 bits per heavy atom. The minimum absolute atomic E-state index is 0.0417. The van der Waals surface area contributed by atoms with Crippen molar-refractivity contribution in [3.05, 3.63) is 11.1 Å². The maximum absolute atomic E-state index is 11.8. The minimum atomic E-state index is -3.12. The molecule has 2 saturated heterocycles. The molecule has 0 aromatic heterocycles. The molecule has 3 saturated carbocycles. The fourth-order valence-electron chi connectivity index (χ4n) is 10.0. The summed E-state index contributed by atoms with van der Waals surface area (Å²) < 4.78 is 33.6. The van der Waals surface area contributed by atoms with Gasteiger partial charge in [0.05, 0.1) is 18.0 Å². The van der Waals surface area contributed by atoms with E-state index >= 15 is 0 Å². The molecule has 2 unspecified atom stereocenters. The number of hydrogen-bond acceptors (Lipinski definition) is 4. The third-order valence-corrected chi connectivity index (χ3v) is 12.5. The molecule has 2 N–H and O–H groups in total. The monoisotopic (exact) mass is 490 g/mol. The predicted molar refractivity (Wildman–Crippen MR) is 136 cm³/mol. The Labute approximate surface area is 207 Å². The molecule has 6 aliphatic rings. The summed E-state index contributed by atoms with van der Waals surface area (Å²) in [6.45, 7) is 8.61. The van der Waals surface area contributed by atoms with Crippen LogP contribution in [0.25, 0.3) is 0 Å². The maximum Gasteiger partial charge on any atom is 0.208 e. The topological polar surface area (TPSA) is 67.4 Å².